The maximum atomic E-state index is 3.67. The van der Waals surface area contributed by atoms with Gasteiger partial charge in [0.15, 0.2) is 0 Å². The second-order valence-corrected chi connectivity index (χ2v) is 4.95. The molecule has 0 aromatic rings. The molecule has 1 saturated carbocycles. The van der Waals surface area contributed by atoms with Crippen LogP contribution in [0.2, 0.25) is 0 Å². The third-order valence-corrected chi connectivity index (χ3v) is 3.35. The molecule has 90 valence electrons. The third-order valence-electron chi connectivity index (χ3n) is 3.35. The van der Waals surface area contributed by atoms with Gasteiger partial charge in [0.2, 0.25) is 0 Å². The lowest BCUT2D eigenvalue weighted by Gasteiger charge is -2.29. The van der Waals surface area contributed by atoms with E-state index in [-0.39, 0.29) is 0 Å². The Morgan fingerprint density at radius 3 is 2.20 bits per heavy atom. The molecule has 0 bridgehead atoms. The summed E-state index contributed by atoms with van der Waals surface area (Å²) in [7, 11) is 6.35. The maximum Gasteiger partial charge on any atom is 0.00682 e. The Labute approximate surface area is 94.6 Å². The fourth-order valence-electron chi connectivity index (χ4n) is 2.29. The average Bonchev–Trinajstić information content (AvgIpc) is 2.25. The molecule has 1 rings (SSSR count). The largest absolute Gasteiger partial charge is 0.317 e. The van der Waals surface area contributed by atoms with Crippen LogP contribution < -0.4 is 10.6 Å². The summed E-state index contributed by atoms with van der Waals surface area (Å²) in [4.78, 5) is 2.25. The van der Waals surface area contributed by atoms with Crippen molar-refractivity contribution in [2.75, 3.05) is 34.2 Å². The second kappa shape index (κ2) is 7.20. The number of hydrogen-bond donors (Lipinski definition) is 2. The molecule has 0 spiro atoms. The highest BCUT2D eigenvalue weighted by atomic mass is 15.1. The fourth-order valence-corrected chi connectivity index (χ4v) is 2.29. The van der Waals surface area contributed by atoms with Gasteiger partial charge < -0.3 is 15.5 Å². The van der Waals surface area contributed by atoms with Crippen LogP contribution in [0.3, 0.4) is 0 Å². The molecule has 0 heterocycles. The quantitative estimate of drug-likeness (QED) is 0.646. The first kappa shape index (κ1) is 12.9. The zero-order valence-electron chi connectivity index (χ0n) is 10.6. The molecule has 0 amide bonds. The fraction of sp³-hybridized carbons (Fsp3) is 1.00. The van der Waals surface area contributed by atoms with Crippen LogP contribution in [0.15, 0.2) is 0 Å². The highest BCUT2D eigenvalue weighted by Crippen LogP contribution is 2.17. The highest BCUT2D eigenvalue weighted by Gasteiger charge is 2.18. The van der Waals surface area contributed by atoms with E-state index in [0.717, 1.165) is 12.1 Å². The van der Waals surface area contributed by atoms with E-state index in [1.165, 1.54) is 45.2 Å². The predicted molar refractivity (Wildman–Crippen MR) is 66.3 cm³/mol. The van der Waals surface area contributed by atoms with Crippen LogP contribution in [0.1, 0.15) is 32.1 Å². The first-order valence-electron chi connectivity index (χ1n) is 6.27. The zero-order valence-corrected chi connectivity index (χ0v) is 10.6. The molecule has 0 aliphatic heterocycles. The minimum atomic E-state index is 0.768. The van der Waals surface area contributed by atoms with E-state index in [2.05, 4.69) is 36.7 Å². The summed E-state index contributed by atoms with van der Waals surface area (Å²) in [6, 6.07) is 1.54. The molecular weight excluding hydrogens is 186 g/mol. The Kier molecular flexibility index (Phi) is 6.22. The van der Waals surface area contributed by atoms with Gasteiger partial charge in [-0.15, -0.1) is 0 Å². The van der Waals surface area contributed by atoms with Crippen molar-refractivity contribution in [1.29, 1.82) is 0 Å². The second-order valence-electron chi connectivity index (χ2n) is 4.95. The molecule has 0 aromatic heterocycles. The molecule has 0 radical (unpaired) electrons. The molecule has 1 aliphatic rings. The maximum absolute atomic E-state index is 3.67. The Morgan fingerprint density at radius 2 is 1.67 bits per heavy atom. The smallest absolute Gasteiger partial charge is 0.00682 e. The van der Waals surface area contributed by atoms with Crippen molar-refractivity contribution in [3.8, 4) is 0 Å². The van der Waals surface area contributed by atoms with Gasteiger partial charge in [-0.2, -0.15) is 0 Å². The monoisotopic (exact) mass is 213 g/mol. The van der Waals surface area contributed by atoms with Crippen molar-refractivity contribution in [2.24, 2.45) is 0 Å². The van der Waals surface area contributed by atoms with Gasteiger partial charge in [0.05, 0.1) is 0 Å². The standard InChI is InChI=1S/C12H27N3/c1-13-11-5-7-12(8-6-11)14-9-4-10-15(2)3/h11-14H,4-10H2,1-3H3. The number of hydrogen-bond acceptors (Lipinski definition) is 3. The van der Waals surface area contributed by atoms with Crippen LogP contribution in [0.4, 0.5) is 0 Å². The lowest BCUT2D eigenvalue weighted by Crippen LogP contribution is -2.39. The molecular formula is C12H27N3. The van der Waals surface area contributed by atoms with E-state index in [1.54, 1.807) is 0 Å². The zero-order chi connectivity index (χ0) is 11.1. The van der Waals surface area contributed by atoms with Gasteiger partial charge >= 0.3 is 0 Å². The first-order chi connectivity index (χ1) is 7.22. The Bertz CT molecular complexity index is 151. The van der Waals surface area contributed by atoms with Gasteiger partial charge in [-0.25, -0.2) is 0 Å². The van der Waals surface area contributed by atoms with Crippen LogP contribution in [0.25, 0.3) is 0 Å². The van der Waals surface area contributed by atoms with Gasteiger partial charge in [0.1, 0.15) is 0 Å². The van der Waals surface area contributed by atoms with Crippen LogP contribution >= 0.6 is 0 Å². The molecule has 15 heavy (non-hydrogen) atoms. The lowest BCUT2D eigenvalue weighted by atomic mass is 9.91. The third kappa shape index (κ3) is 5.50. The van der Waals surface area contributed by atoms with Crippen molar-refractivity contribution in [1.82, 2.24) is 15.5 Å². The van der Waals surface area contributed by atoms with E-state index in [1.807, 2.05) is 0 Å². The molecule has 3 nitrogen and oxygen atoms in total. The van der Waals surface area contributed by atoms with Crippen molar-refractivity contribution in [2.45, 2.75) is 44.2 Å². The summed E-state index contributed by atoms with van der Waals surface area (Å²) in [5.41, 5.74) is 0. The van der Waals surface area contributed by atoms with Crippen LogP contribution in [0.5, 0.6) is 0 Å². The van der Waals surface area contributed by atoms with Crippen molar-refractivity contribution < 1.29 is 0 Å². The summed E-state index contributed by atoms with van der Waals surface area (Å²) in [5.74, 6) is 0. The molecule has 0 saturated heterocycles. The van der Waals surface area contributed by atoms with Crippen molar-refractivity contribution in [3.63, 3.8) is 0 Å². The van der Waals surface area contributed by atoms with E-state index in [0.29, 0.717) is 0 Å². The predicted octanol–water partition coefficient (Wildman–Crippen LogP) is 1.06. The summed E-state index contributed by atoms with van der Waals surface area (Å²) in [6.07, 6.45) is 6.61. The number of nitrogens with one attached hydrogen (secondary N) is 2. The summed E-state index contributed by atoms with van der Waals surface area (Å²) >= 11 is 0. The van der Waals surface area contributed by atoms with Crippen LogP contribution in [-0.2, 0) is 0 Å². The number of rotatable bonds is 6. The molecule has 1 fully saturated rings. The van der Waals surface area contributed by atoms with E-state index >= 15 is 0 Å². The first-order valence-corrected chi connectivity index (χ1v) is 6.27. The van der Waals surface area contributed by atoms with Crippen molar-refractivity contribution in [3.05, 3.63) is 0 Å². The van der Waals surface area contributed by atoms with Crippen LogP contribution in [0, 0.1) is 0 Å². The minimum absolute atomic E-state index is 0.768. The summed E-state index contributed by atoms with van der Waals surface area (Å²) in [5, 5.41) is 7.04. The van der Waals surface area contributed by atoms with Gasteiger partial charge in [0.25, 0.3) is 0 Å². The lowest BCUT2D eigenvalue weighted by molar-refractivity contribution is 0.310. The highest BCUT2D eigenvalue weighted by molar-refractivity contribution is 4.79. The van der Waals surface area contributed by atoms with Gasteiger partial charge in [-0.3, -0.25) is 0 Å². The van der Waals surface area contributed by atoms with E-state index in [9.17, 15) is 0 Å². The van der Waals surface area contributed by atoms with E-state index in [4.69, 9.17) is 0 Å². The minimum Gasteiger partial charge on any atom is -0.317 e. The normalized spacial score (nSPS) is 27.2. The molecule has 3 heteroatoms. The topological polar surface area (TPSA) is 27.3 Å². The molecule has 2 N–H and O–H groups in total. The van der Waals surface area contributed by atoms with Crippen LogP contribution in [-0.4, -0.2) is 51.2 Å². The molecule has 0 atom stereocenters. The molecule has 1 aliphatic carbocycles. The summed E-state index contributed by atoms with van der Waals surface area (Å²) < 4.78 is 0. The van der Waals surface area contributed by atoms with E-state index < -0.39 is 0 Å². The Morgan fingerprint density at radius 1 is 1.07 bits per heavy atom. The Hall–Kier alpha value is -0.120. The SMILES string of the molecule is CNC1CCC(NCCCN(C)C)CC1. The molecule has 0 unspecified atom stereocenters. The summed E-state index contributed by atoms with van der Waals surface area (Å²) in [6.45, 7) is 2.37. The van der Waals surface area contributed by atoms with Gasteiger partial charge in [-0.05, 0) is 66.3 Å². The number of nitrogens with zero attached hydrogens (tertiary/aromatic N) is 1. The average molecular weight is 213 g/mol. The Balaban J connectivity index is 1.99. The van der Waals surface area contributed by atoms with Gasteiger partial charge in [-0.1, -0.05) is 0 Å². The van der Waals surface area contributed by atoms with Crippen molar-refractivity contribution >= 4 is 0 Å². The molecule has 0 aromatic carbocycles. The van der Waals surface area contributed by atoms with Gasteiger partial charge in [0, 0.05) is 12.1 Å².